The quantitative estimate of drug-likeness (QED) is 0.570. The molecule has 6 heteroatoms. The largest absolute Gasteiger partial charge is 0.491 e. The highest BCUT2D eigenvalue weighted by molar-refractivity contribution is 5.35. The highest BCUT2D eigenvalue weighted by Crippen LogP contribution is 2.22. The molecule has 1 aliphatic heterocycles. The summed E-state index contributed by atoms with van der Waals surface area (Å²) in [4.78, 5) is 12.5. The molecule has 0 radical (unpaired) electrons. The molecule has 3 rings (SSSR count). The van der Waals surface area contributed by atoms with Crippen LogP contribution in [0.3, 0.4) is 0 Å². The van der Waals surface area contributed by atoms with Crippen molar-refractivity contribution >= 4 is 5.69 Å². The van der Waals surface area contributed by atoms with E-state index in [-0.39, 0.29) is 12.3 Å². The van der Waals surface area contributed by atoms with E-state index in [1.165, 1.54) is 17.7 Å². The highest BCUT2D eigenvalue weighted by Gasteiger charge is 2.21. The van der Waals surface area contributed by atoms with Gasteiger partial charge in [0.2, 0.25) is 0 Å². The molecule has 2 aromatic rings. The lowest BCUT2D eigenvalue weighted by Gasteiger charge is -2.33. The number of aliphatic hydroxyl groups is 1. The Balaban J connectivity index is 1.36. The molecule has 1 heterocycles. The molecule has 1 saturated heterocycles. The van der Waals surface area contributed by atoms with E-state index in [1.807, 2.05) is 6.07 Å². The summed E-state index contributed by atoms with van der Waals surface area (Å²) in [6.45, 7) is 2.75. The molecular weight excluding hydrogens is 344 g/mol. The molecule has 144 valence electrons. The number of likely N-dealkylation sites (tertiary alicyclic amines) is 1. The SMILES string of the molecule is O=[N+]([O-])c1ccc(OC[C@H](O)CN2CCC(Cc3ccccc3)CC2)cc1. The van der Waals surface area contributed by atoms with Gasteiger partial charge in [-0.3, -0.25) is 10.1 Å². The number of benzene rings is 2. The predicted molar refractivity (Wildman–Crippen MR) is 104 cm³/mol. The van der Waals surface area contributed by atoms with Gasteiger partial charge in [0.15, 0.2) is 0 Å². The van der Waals surface area contributed by atoms with Gasteiger partial charge in [-0.15, -0.1) is 0 Å². The summed E-state index contributed by atoms with van der Waals surface area (Å²) in [7, 11) is 0. The lowest BCUT2D eigenvalue weighted by atomic mass is 9.90. The molecule has 1 N–H and O–H groups in total. The second kappa shape index (κ2) is 9.48. The molecular formula is C21H26N2O4. The molecule has 0 amide bonds. The van der Waals surface area contributed by atoms with Gasteiger partial charge in [-0.2, -0.15) is 0 Å². The average molecular weight is 370 g/mol. The van der Waals surface area contributed by atoms with Crippen LogP contribution in [0.25, 0.3) is 0 Å². The fourth-order valence-electron chi connectivity index (χ4n) is 3.53. The van der Waals surface area contributed by atoms with E-state index in [0.717, 1.165) is 32.4 Å². The second-order valence-electron chi connectivity index (χ2n) is 7.15. The zero-order valence-corrected chi connectivity index (χ0v) is 15.4. The first-order valence-electron chi connectivity index (χ1n) is 9.42. The molecule has 0 saturated carbocycles. The van der Waals surface area contributed by atoms with Crippen LogP contribution in [0.15, 0.2) is 54.6 Å². The van der Waals surface area contributed by atoms with Gasteiger partial charge in [0.1, 0.15) is 18.5 Å². The molecule has 1 aliphatic rings. The van der Waals surface area contributed by atoms with Crippen molar-refractivity contribution in [3.63, 3.8) is 0 Å². The van der Waals surface area contributed by atoms with Gasteiger partial charge in [0.05, 0.1) is 4.92 Å². The molecule has 0 spiro atoms. The van der Waals surface area contributed by atoms with Crippen LogP contribution in [-0.4, -0.2) is 47.3 Å². The van der Waals surface area contributed by atoms with E-state index in [0.29, 0.717) is 18.2 Å². The number of β-amino-alcohol motifs (C(OH)–C–C–N with tert-alkyl or cyclic N) is 1. The van der Waals surface area contributed by atoms with Crippen LogP contribution in [0.1, 0.15) is 18.4 Å². The van der Waals surface area contributed by atoms with Crippen molar-refractivity contribution in [2.75, 3.05) is 26.2 Å². The van der Waals surface area contributed by atoms with E-state index >= 15 is 0 Å². The number of nitro benzene ring substituents is 1. The van der Waals surface area contributed by atoms with Gasteiger partial charge in [-0.05, 0) is 56.0 Å². The van der Waals surface area contributed by atoms with Crippen molar-refractivity contribution in [1.82, 2.24) is 4.90 Å². The maximum Gasteiger partial charge on any atom is 0.269 e. The Kier molecular flexibility index (Phi) is 6.79. The summed E-state index contributed by atoms with van der Waals surface area (Å²) >= 11 is 0. The number of hydrogen-bond donors (Lipinski definition) is 1. The molecule has 0 bridgehead atoms. The first kappa shape index (κ1) is 19.3. The zero-order chi connectivity index (χ0) is 19.1. The first-order chi connectivity index (χ1) is 13.1. The van der Waals surface area contributed by atoms with Crippen molar-refractivity contribution in [3.8, 4) is 5.75 Å². The number of aliphatic hydroxyl groups excluding tert-OH is 1. The van der Waals surface area contributed by atoms with Crippen LogP contribution in [0, 0.1) is 16.0 Å². The summed E-state index contributed by atoms with van der Waals surface area (Å²) in [6.07, 6.45) is 2.83. The Morgan fingerprint density at radius 3 is 2.41 bits per heavy atom. The molecule has 0 unspecified atom stereocenters. The maximum absolute atomic E-state index is 10.6. The average Bonchev–Trinajstić information content (AvgIpc) is 2.69. The minimum atomic E-state index is -0.578. The minimum absolute atomic E-state index is 0.0290. The Bertz CT molecular complexity index is 713. The van der Waals surface area contributed by atoms with E-state index in [2.05, 4.69) is 29.2 Å². The lowest BCUT2D eigenvalue weighted by molar-refractivity contribution is -0.384. The number of rotatable bonds is 8. The Hall–Kier alpha value is -2.44. The number of piperidine rings is 1. The summed E-state index contributed by atoms with van der Waals surface area (Å²) in [5.41, 5.74) is 1.42. The molecule has 2 aromatic carbocycles. The smallest absolute Gasteiger partial charge is 0.269 e. The van der Waals surface area contributed by atoms with Crippen LogP contribution in [-0.2, 0) is 6.42 Å². The molecule has 0 aromatic heterocycles. The van der Waals surface area contributed by atoms with Gasteiger partial charge in [-0.25, -0.2) is 0 Å². The van der Waals surface area contributed by atoms with Crippen LogP contribution >= 0.6 is 0 Å². The number of hydrogen-bond acceptors (Lipinski definition) is 5. The van der Waals surface area contributed by atoms with Crippen LogP contribution in [0.5, 0.6) is 5.75 Å². The number of nitrogens with zero attached hydrogens (tertiary/aromatic N) is 2. The number of nitro groups is 1. The predicted octanol–water partition coefficient (Wildman–Crippen LogP) is 3.29. The molecule has 27 heavy (non-hydrogen) atoms. The van der Waals surface area contributed by atoms with E-state index in [1.54, 1.807) is 12.1 Å². The second-order valence-corrected chi connectivity index (χ2v) is 7.15. The maximum atomic E-state index is 10.6. The van der Waals surface area contributed by atoms with Crippen LogP contribution in [0.4, 0.5) is 5.69 Å². The first-order valence-corrected chi connectivity index (χ1v) is 9.42. The van der Waals surface area contributed by atoms with Crippen LogP contribution in [0.2, 0.25) is 0 Å². The van der Waals surface area contributed by atoms with E-state index in [9.17, 15) is 15.2 Å². The monoisotopic (exact) mass is 370 g/mol. The Labute approximate surface area is 159 Å². The third-order valence-corrected chi connectivity index (χ3v) is 5.03. The van der Waals surface area contributed by atoms with E-state index in [4.69, 9.17) is 4.74 Å². The number of ether oxygens (including phenoxy) is 1. The van der Waals surface area contributed by atoms with Gasteiger partial charge >= 0.3 is 0 Å². The molecule has 0 aliphatic carbocycles. The third kappa shape index (κ3) is 6.05. The van der Waals surface area contributed by atoms with Crippen molar-refractivity contribution in [3.05, 3.63) is 70.3 Å². The Morgan fingerprint density at radius 1 is 1.11 bits per heavy atom. The van der Waals surface area contributed by atoms with Crippen molar-refractivity contribution in [2.24, 2.45) is 5.92 Å². The number of non-ortho nitro benzene ring substituents is 1. The Morgan fingerprint density at radius 2 is 1.78 bits per heavy atom. The summed E-state index contributed by atoms with van der Waals surface area (Å²) in [6, 6.07) is 16.5. The molecule has 1 atom stereocenters. The van der Waals surface area contributed by atoms with Crippen molar-refractivity contribution in [1.29, 1.82) is 0 Å². The molecule has 1 fully saturated rings. The summed E-state index contributed by atoms with van der Waals surface area (Å²) < 4.78 is 5.54. The van der Waals surface area contributed by atoms with E-state index < -0.39 is 11.0 Å². The molecule has 6 nitrogen and oxygen atoms in total. The third-order valence-electron chi connectivity index (χ3n) is 5.03. The standard InChI is InChI=1S/C21H26N2O4/c24-20(16-27-21-8-6-19(7-9-21)23(25)26)15-22-12-10-18(11-13-22)14-17-4-2-1-3-5-17/h1-9,18,20,24H,10-16H2/t20-/m1/s1. The van der Waals surface area contributed by atoms with Gasteiger partial charge in [0, 0.05) is 18.7 Å². The van der Waals surface area contributed by atoms with Gasteiger partial charge in [0.25, 0.3) is 5.69 Å². The normalized spacial score (nSPS) is 16.8. The zero-order valence-electron chi connectivity index (χ0n) is 15.4. The highest BCUT2D eigenvalue weighted by atomic mass is 16.6. The fraction of sp³-hybridized carbons (Fsp3) is 0.429. The topological polar surface area (TPSA) is 75.8 Å². The minimum Gasteiger partial charge on any atom is -0.491 e. The van der Waals surface area contributed by atoms with Crippen molar-refractivity contribution in [2.45, 2.75) is 25.4 Å². The summed E-state index contributed by atoms with van der Waals surface area (Å²) in [5.74, 6) is 1.23. The summed E-state index contributed by atoms with van der Waals surface area (Å²) in [5, 5.41) is 20.9. The fourth-order valence-corrected chi connectivity index (χ4v) is 3.53. The lowest BCUT2D eigenvalue weighted by Crippen LogP contribution is -2.41. The van der Waals surface area contributed by atoms with Crippen LogP contribution < -0.4 is 4.74 Å². The van der Waals surface area contributed by atoms with Gasteiger partial charge in [-0.1, -0.05) is 30.3 Å². The van der Waals surface area contributed by atoms with Crippen molar-refractivity contribution < 1.29 is 14.8 Å². The van der Waals surface area contributed by atoms with Gasteiger partial charge < -0.3 is 14.7 Å².